The molecule has 0 saturated heterocycles. The Morgan fingerprint density at radius 2 is 1.93 bits per heavy atom. The normalized spacial score (nSPS) is 19.3. The Kier molecular flexibility index (Phi) is 4.00. The average Bonchev–Trinajstić information content (AvgIpc) is 3.20. The number of anilines is 2. The summed E-state index contributed by atoms with van der Waals surface area (Å²) in [5, 5.41) is 15.6. The number of halogens is 2. The molecule has 1 atom stereocenters. The van der Waals surface area contributed by atoms with Crippen LogP contribution in [0.1, 0.15) is 26.5 Å². The molecule has 2 aliphatic heterocycles. The lowest BCUT2D eigenvalue weighted by atomic mass is 9.74. The van der Waals surface area contributed by atoms with Crippen LogP contribution in [-0.4, -0.2) is 22.9 Å². The molecule has 0 unspecified atom stereocenters. The van der Waals surface area contributed by atoms with Gasteiger partial charge in [-0.3, -0.25) is 9.59 Å². The van der Waals surface area contributed by atoms with Gasteiger partial charge in [-0.25, -0.2) is 9.18 Å². The van der Waals surface area contributed by atoms with Crippen LogP contribution in [0.5, 0.6) is 0 Å². The number of fused-ring (bicyclic) bond motifs is 4. The first-order chi connectivity index (χ1) is 14.3. The third-order valence-corrected chi connectivity index (χ3v) is 7.07. The van der Waals surface area contributed by atoms with Crippen molar-refractivity contribution in [3.05, 3.63) is 68.6 Å². The summed E-state index contributed by atoms with van der Waals surface area (Å²) in [6.07, 6.45) is -0.260. The highest BCUT2D eigenvalue weighted by Crippen LogP contribution is 2.56. The van der Waals surface area contributed by atoms with E-state index in [1.54, 1.807) is 24.3 Å². The molecule has 1 spiro atoms. The second-order valence-electron chi connectivity index (χ2n) is 7.07. The van der Waals surface area contributed by atoms with Crippen LogP contribution in [0.4, 0.5) is 15.8 Å². The minimum absolute atomic E-state index is 0.0627. The molecule has 0 aliphatic carbocycles. The van der Waals surface area contributed by atoms with Crippen molar-refractivity contribution in [2.24, 2.45) is 0 Å². The van der Waals surface area contributed by atoms with Crippen LogP contribution in [0, 0.1) is 5.82 Å². The Morgan fingerprint density at radius 3 is 2.67 bits per heavy atom. The van der Waals surface area contributed by atoms with E-state index in [0.717, 1.165) is 11.3 Å². The first-order valence-electron chi connectivity index (χ1n) is 8.89. The summed E-state index contributed by atoms with van der Waals surface area (Å²) in [6, 6.07) is 10.5. The number of thiophene rings is 1. The number of aromatic carboxylic acids is 1. The van der Waals surface area contributed by atoms with Gasteiger partial charge in [0.25, 0.3) is 0 Å². The van der Waals surface area contributed by atoms with Crippen molar-refractivity contribution in [2.75, 3.05) is 10.6 Å². The summed E-state index contributed by atoms with van der Waals surface area (Å²) in [5.41, 5.74) is 0.0688. The molecular formula is C21H12ClFN2O4S. The lowest BCUT2D eigenvalue weighted by Crippen LogP contribution is -2.42. The van der Waals surface area contributed by atoms with Crippen LogP contribution < -0.4 is 10.6 Å². The zero-order valence-corrected chi connectivity index (χ0v) is 16.7. The second-order valence-corrected chi connectivity index (χ2v) is 8.50. The molecule has 1 aromatic heterocycles. The lowest BCUT2D eigenvalue weighted by Gasteiger charge is -2.31. The quantitative estimate of drug-likeness (QED) is 0.545. The topological polar surface area (TPSA) is 95.5 Å². The summed E-state index contributed by atoms with van der Waals surface area (Å²) in [7, 11) is 0. The number of amides is 2. The maximum atomic E-state index is 14.1. The third kappa shape index (κ3) is 2.44. The van der Waals surface area contributed by atoms with Crippen LogP contribution in [0.2, 0.25) is 5.02 Å². The number of carbonyl (C=O) groups excluding carboxylic acids is 2. The van der Waals surface area contributed by atoms with E-state index in [0.29, 0.717) is 26.7 Å². The van der Waals surface area contributed by atoms with Crippen LogP contribution in [0.3, 0.4) is 0 Å². The van der Waals surface area contributed by atoms with Gasteiger partial charge in [-0.1, -0.05) is 29.8 Å². The molecule has 5 rings (SSSR count). The standard InChI is InChI=1S/C21H12ClFN2O4S/c22-12-4-2-1-3-10(12)15-16-18(30-17(15)19(27)28)21(8-14(26)25-16)11-7-9(23)5-6-13(11)24-20(21)29/h1-7H,8H2,(H,24,29)(H,25,26)(H,27,28)/t21-/m1/s1. The van der Waals surface area contributed by atoms with E-state index < -0.39 is 29.0 Å². The van der Waals surface area contributed by atoms with E-state index in [1.165, 1.54) is 18.2 Å². The number of hydrogen-bond acceptors (Lipinski definition) is 4. The Hall–Kier alpha value is -3.23. The molecule has 9 heteroatoms. The number of rotatable bonds is 2. The summed E-state index contributed by atoms with van der Waals surface area (Å²) >= 11 is 7.21. The number of carboxylic acids is 1. The van der Waals surface area contributed by atoms with Crippen molar-refractivity contribution >= 4 is 52.1 Å². The molecular weight excluding hydrogens is 431 g/mol. The summed E-state index contributed by atoms with van der Waals surface area (Å²) in [6.45, 7) is 0. The Labute approximate surface area is 178 Å². The van der Waals surface area contributed by atoms with Gasteiger partial charge in [-0.15, -0.1) is 11.3 Å². The first-order valence-corrected chi connectivity index (χ1v) is 10.1. The molecule has 2 amide bonds. The fraction of sp³-hybridized carbons (Fsp3) is 0.0952. The smallest absolute Gasteiger partial charge is 0.346 e. The predicted molar refractivity (Wildman–Crippen MR) is 111 cm³/mol. The molecule has 0 fully saturated rings. The zero-order chi connectivity index (χ0) is 21.2. The number of carboxylic acid groups (broad SMARTS) is 1. The van der Waals surface area contributed by atoms with Crippen LogP contribution in [0.15, 0.2) is 42.5 Å². The van der Waals surface area contributed by atoms with Crippen molar-refractivity contribution in [2.45, 2.75) is 11.8 Å². The van der Waals surface area contributed by atoms with Crippen LogP contribution >= 0.6 is 22.9 Å². The van der Waals surface area contributed by atoms with Crippen molar-refractivity contribution in [3.63, 3.8) is 0 Å². The Bertz CT molecular complexity index is 1290. The Morgan fingerprint density at radius 1 is 1.17 bits per heavy atom. The monoisotopic (exact) mass is 442 g/mol. The van der Waals surface area contributed by atoms with E-state index in [-0.39, 0.29) is 22.5 Å². The maximum Gasteiger partial charge on any atom is 0.346 e. The molecule has 6 nitrogen and oxygen atoms in total. The van der Waals surface area contributed by atoms with E-state index in [9.17, 15) is 23.9 Å². The fourth-order valence-electron chi connectivity index (χ4n) is 4.16. The average molecular weight is 443 g/mol. The summed E-state index contributed by atoms with van der Waals surface area (Å²) < 4.78 is 14.1. The molecule has 0 radical (unpaired) electrons. The number of nitrogens with one attached hydrogen (secondary N) is 2. The van der Waals surface area contributed by atoms with Crippen molar-refractivity contribution in [1.82, 2.24) is 0 Å². The van der Waals surface area contributed by atoms with Crippen LogP contribution in [-0.2, 0) is 15.0 Å². The molecule has 3 N–H and O–H groups in total. The minimum Gasteiger partial charge on any atom is -0.477 e. The van der Waals surface area contributed by atoms with E-state index in [2.05, 4.69) is 10.6 Å². The molecule has 0 saturated carbocycles. The molecule has 150 valence electrons. The Balaban J connectivity index is 1.88. The highest BCUT2D eigenvalue weighted by Gasteiger charge is 2.55. The van der Waals surface area contributed by atoms with Gasteiger partial charge in [0, 0.05) is 21.8 Å². The van der Waals surface area contributed by atoms with Gasteiger partial charge < -0.3 is 15.7 Å². The summed E-state index contributed by atoms with van der Waals surface area (Å²) in [5.74, 6) is -2.74. The van der Waals surface area contributed by atoms with Gasteiger partial charge >= 0.3 is 5.97 Å². The highest BCUT2D eigenvalue weighted by molar-refractivity contribution is 7.15. The zero-order valence-electron chi connectivity index (χ0n) is 15.1. The van der Waals surface area contributed by atoms with Gasteiger partial charge in [0.15, 0.2) is 0 Å². The van der Waals surface area contributed by atoms with Gasteiger partial charge in [0.1, 0.15) is 16.1 Å². The van der Waals surface area contributed by atoms with Gasteiger partial charge in [0.2, 0.25) is 11.8 Å². The maximum absolute atomic E-state index is 14.1. The van der Waals surface area contributed by atoms with Gasteiger partial charge in [-0.05, 0) is 29.8 Å². The first kappa shape index (κ1) is 18.8. The molecule has 3 aromatic rings. The van der Waals surface area contributed by atoms with Crippen molar-refractivity contribution in [1.29, 1.82) is 0 Å². The number of benzene rings is 2. The minimum atomic E-state index is -1.51. The van der Waals surface area contributed by atoms with Gasteiger partial charge in [0.05, 0.1) is 17.0 Å². The van der Waals surface area contributed by atoms with Crippen molar-refractivity contribution < 1.29 is 23.9 Å². The highest BCUT2D eigenvalue weighted by atomic mass is 35.5. The molecule has 2 aliphatic rings. The molecule has 0 bridgehead atoms. The molecule has 3 heterocycles. The predicted octanol–water partition coefficient (Wildman–Crippen LogP) is 4.49. The lowest BCUT2D eigenvalue weighted by molar-refractivity contribution is -0.125. The van der Waals surface area contributed by atoms with E-state index in [1.807, 2.05) is 0 Å². The number of hydrogen-bond donors (Lipinski definition) is 3. The van der Waals surface area contributed by atoms with Crippen LogP contribution in [0.25, 0.3) is 11.1 Å². The third-order valence-electron chi connectivity index (χ3n) is 5.40. The van der Waals surface area contributed by atoms with Gasteiger partial charge in [-0.2, -0.15) is 0 Å². The summed E-state index contributed by atoms with van der Waals surface area (Å²) in [4.78, 5) is 38.2. The largest absolute Gasteiger partial charge is 0.477 e. The van der Waals surface area contributed by atoms with E-state index >= 15 is 0 Å². The SMILES string of the molecule is O=C1C[C@]2(C(=O)Nc3ccc(F)cc32)c2sc(C(=O)O)c(-c3ccccc3Cl)c2N1. The van der Waals surface area contributed by atoms with Crippen molar-refractivity contribution in [3.8, 4) is 11.1 Å². The fourth-order valence-corrected chi connectivity index (χ4v) is 5.70. The van der Waals surface area contributed by atoms with E-state index in [4.69, 9.17) is 11.6 Å². The number of carbonyl (C=O) groups is 3. The molecule has 2 aromatic carbocycles. The second kappa shape index (κ2) is 6.38. The molecule has 30 heavy (non-hydrogen) atoms.